The van der Waals surface area contributed by atoms with Crippen LogP contribution >= 0.6 is 13.5 Å². The predicted octanol–water partition coefficient (Wildman–Crippen LogP) is 31.3. The van der Waals surface area contributed by atoms with Crippen molar-refractivity contribution in [3.05, 3.63) is 48.6 Å². The van der Waals surface area contributed by atoms with Crippen molar-refractivity contribution in [1.82, 2.24) is 0 Å². The van der Waals surface area contributed by atoms with E-state index in [2.05, 4.69) is 76.3 Å². The first kappa shape index (κ1) is 131. The summed E-state index contributed by atoms with van der Waals surface area (Å²) in [7, 11) is 0. The Morgan fingerprint density at radius 3 is 0.416 bits per heavy atom. The molecule has 0 aliphatic carbocycles. The van der Waals surface area contributed by atoms with E-state index in [1.165, 1.54) is 385 Å². The molecule has 0 heterocycles. The fourth-order valence-electron chi connectivity index (χ4n) is 13.1. The molecule has 0 aromatic rings. The molecule has 0 aliphatic heterocycles. The van der Waals surface area contributed by atoms with Crippen LogP contribution in [0.4, 0.5) is 0 Å². The third-order valence-corrected chi connectivity index (χ3v) is 20.5. The fraction of sp³-hybridized carbons (Fsp3) is 0.878. The molecule has 8 nitrogen and oxygen atoms in total. The van der Waals surface area contributed by atoms with Crippen LogP contribution in [0.1, 0.15) is 505 Å². The predicted molar refractivity (Wildman–Crippen MR) is 520 cm³/mol. The first-order chi connectivity index (χ1) is 53.2. The first-order valence-electron chi connectivity index (χ1n) is 46.8. The standard InChI is InChI=1S/4C24H46O2S.2CH4.H2S.2Sn/c4*1-2-3-4-5-6-7-8-9-10-11-12-13-14-15-16-17-18-19-20-21-24(25)26-22-23-27;;;;;/h4*4-5,27H,2-3,6-23H2,1H3;2*1H4;1H2;;/q;;;;;;;2*+2/p-4/b4*5-4+;;;;;. The molecule has 0 rings (SSSR count). The summed E-state index contributed by atoms with van der Waals surface area (Å²) in [5.74, 6) is 1.69. The third kappa shape index (κ3) is 136. The van der Waals surface area contributed by atoms with Gasteiger partial charge >= 0.3 is 71.7 Å². The van der Waals surface area contributed by atoms with Crippen LogP contribution in [0, 0.1) is 0 Å². The van der Waals surface area contributed by atoms with E-state index < -0.39 is 0 Å². The van der Waals surface area contributed by atoms with Gasteiger partial charge in [0.15, 0.2) is 0 Å². The summed E-state index contributed by atoms with van der Waals surface area (Å²) in [4.78, 5) is 45.3. The number of esters is 4. The third-order valence-electron chi connectivity index (χ3n) is 19.9. The van der Waals surface area contributed by atoms with Gasteiger partial charge in [0.1, 0.15) is 0 Å². The van der Waals surface area contributed by atoms with Crippen molar-refractivity contribution in [2.24, 2.45) is 0 Å². The SMILES string of the molecule is C.C.CCC/C=C/CCCCCCCCCCCCCCCCC(=O)OCC[S-].CCC/C=C/CCCCCCCCCCCCCCCCC(=O)OCC[S-].CCC/C=C/CCCCCCCCCCCCCCCCC(=O)OCC[S-].CCC/C=C/CCCCCCCCCCCCCCCCC(=O)OCC[S-].S.[Sn+2].[Sn+2]. The van der Waals surface area contributed by atoms with Crippen molar-refractivity contribution in [1.29, 1.82) is 0 Å². The summed E-state index contributed by atoms with van der Waals surface area (Å²) in [6.07, 6.45) is 111. The summed E-state index contributed by atoms with van der Waals surface area (Å²) in [5.41, 5.74) is 0. The Balaban J connectivity index is -0.000000180. The Labute approximate surface area is 769 Å². The van der Waals surface area contributed by atoms with E-state index in [1.807, 2.05) is 0 Å². The summed E-state index contributed by atoms with van der Waals surface area (Å²) in [6, 6.07) is 0. The van der Waals surface area contributed by atoms with E-state index >= 15 is 0 Å². The van der Waals surface area contributed by atoms with E-state index in [0.717, 1.165) is 51.4 Å². The van der Waals surface area contributed by atoms with Crippen LogP contribution < -0.4 is 0 Å². The maximum Gasteiger partial charge on any atom is 2.00 e. The molecule has 0 aromatic carbocycles. The van der Waals surface area contributed by atoms with Gasteiger partial charge in [0.05, 0.1) is 26.4 Å². The maximum atomic E-state index is 11.3. The van der Waals surface area contributed by atoms with E-state index in [9.17, 15) is 19.2 Å². The van der Waals surface area contributed by atoms with Crippen molar-refractivity contribution in [2.45, 2.75) is 505 Å². The minimum atomic E-state index is -0.0799. The number of hydrogen-bond acceptors (Lipinski definition) is 12. The minimum absolute atomic E-state index is 0. The normalized spacial score (nSPS) is 10.8. The van der Waals surface area contributed by atoms with Crippen LogP contribution in [-0.2, 0) is 88.6 Å². The van der Waals surface area contributed by atoms with Gasteiger partial charge in [-0.2, -0.15) is 13.5 Å². The first-order valence-corrected chi connectivity index (χ1v) is 49.1. The van der Waals surface area contributed by atoms with Gasteiger partial charge in [-0.1, -0.05) is 425 Å². The Kier molecular flexibility index (Phi) is 148. The zero-order chi connectivity index (χ0) is 79.4. The largest absolute Gasteiger partial charge is 2.00 e. The van der Waals surface area contributed by atoms with Crippen molar-refractivity contribution in [3.63, 3.8) is 0 Å². The number of rotatable bonds is 84. The van der Waals surface area contributed by atoms with Gasteiger partial charge in [0.2, 0.25) is 0 Å². The van der Waals surface area contributed by atoms with Crippen LogP contribution in [0.2, 0.25) is 0 Å². The van der Waals surface area contributed by atoms with Crippen LogP contribution in [0.25, 0.3) is 0 Å². The van der Waals surface area contributed by atoms with Gasteiger partial charge in [-0.05, 0) is 103 Å². The van der Waals surface area contributed by atoms with Gasteiger partial charge in [0.25, 0.3) is 0 Å². The molecule has 0 N–H and O–H groups in total. The molecule has 0 aromatic heterocycles. The zero-order valence-corrected chi connectivity index (χ0v) is 83.6. The molecule has 4 radical (unpaired) electrons. The molecule has 668 valence electrons. The number of unbranched alkanes of at least 4 members (excludes halogenated alkanes) is 60. The molecule has 0 saturated carbocycles. The molecule has 0 bridgehead atoms. The average molecular weight is 1890 g/mol. The Morgan fingerprint density at radius 2 is 0.301 bits per heavy atom. The van der Waals surface area contributed by atoms with Crippen molar-refractivity contribution < 1.29 is 38.1 Å². The minimum Gasteiger partial charge on any atom is -0.789 e. The molecule has 0 fully saturated rings. The Bertz CT molecular complexity index is 1590. The molecule has 0 atom stereocenters. The van der Waals surface area contributed by atoms with Gasteiger partial charge in [-0.25, -0.2) is 0 Å². The Morgan fingerprint density at radius 1 is 0.195 bits per heavy atom. The van der Waals surface area contributed by atoms with E-state index in [-0.39, 0.29) is 100 Å². The number of hydrogen-bond donors (Lipinski definition) is 0. The van der Waals surface area contributed by atoms with Gasteiger partial charge < -0.3 is 69.5 Å². The molecular weight excluding hydrogens is 1700 g/mol. The zero-order valence-electron chi connectivity index (χ0n) is 73.6. The molecule has 0 unspecified atom stereocenters. The molecule has 0 amide bonds. The number of allylic oxidation sites excluding steroid dienone is 8. The smallest absolute Gasteiger partial charge is 0.789 e. The van der Waals surface area contributed by atoms with Crippen LogP contribution in [-0.4, -0.2) is 121 Å². The molecule has 15 heteroatoms. The fourth-order valence-corrected chi connectivity index (χ4v) is 13.5. The number of carbonyl (C=O) groups is 4. The quantitative estimate of drug-likeness (QED) is 0.0145. The van der Waals surface area contributed by atoms with E-state index in [4.69, 9.17) is 69.5 Å². The van der Waals surface area contributed by atoms with Crippen LogP contribution in [0.5, 0.6) is 0 Å². The van der Waals surface area contributed by atoms with Crippen molar-refractivity contribution in [2.75, 3.05) is 49.4 Å². The Hall–Kier alpha value is 0.187. The van der Waals surface area contributed by atoms with Gasteiger partial charge in [0, 0.05) is 25.7 Å². The molecular formula is C98H190O8S5Sn2. The van der Waals surface area contributed by atoms with E-state index in [1.54, 1.807) is 0 Å². The second-order valence-electron chi connectivity index (χ2n) is 30.7. The number of ether oxygens (including phenoxy) is 4. The second-order valence-corrected chi connectivity index (χ2v) is 32.3. The molecule has 113 heavy (non-hydrogen) atoms. The van der Waals surface area contributed by atoms with E-state index in [0.29, 0.717) is 75.1 Å². The van der Waals surface area contributed by atoms with Crippen molar-refractivity contribution >= 4 is 136 Å². The van der Waals surface area contributed by atoms with Crippen LogP contribution in [0.3, 0.4) is 0 Å². The van der Waals surface area contributed by atoms with Crippen molar-refractivity contribution in [3.8, 4) is 0 Å². The molecule has 0 saturated heterocycles. The molecule has 0 spiro atoms. The van der Waals surface area contributed by atoms with Gasteiger partial charge in [-0.15, -0.1) is 23.0 Å². The van der Waals surface area contributed by atoms with Crippen LogP contribution in [0.15, 0.2) is 48.6 Å². The second kappa shape index (κ2) is 128. The summed E-state index contributed by atoms with van der Waals surface area (Å²) in [6.45, 7) is 10.5. The summed E-state index contributed by atoms with van der Waals surface area (Å²) >= 11 is 19.0. The monoisotopic (exact) mass is 1900 g/mol. The molecule has 0 aliphatic rings. The summed E-state index contributed by atoms with van der Waals surface area (Å²) < 4.78 is 19.9. The summed E-state index contributed by atoms with van der Waals surface area (Å²) in [5, 5.41) is 0. The number of carbonyl (C=O) groups excluding carboxylic acids is 4. The topological polar surface area (TPSA) is 105 Å². The van der Waals surface area contributed by atoms with Gasteiger partial charge in [-0.3, -0.25) is 19.2 Å². The maximum absolute atomic E-state index is 11.3. The average Bonchev–Trinajstić information content (AvgIpc) is 1.34.